The van der Waals surface area contributed by atoms with Crippen LogP contribution in [0.3, 0.4) is 0 Å². The first-order valence-corrected chi connectivity index (χ1v) is 6.28. The topological polar surface area (TPSA) is 130 Å². The zero-order valence-corrected chi connectivity index (χ0v) is 11.5. The van der Waals surface area contributed by atoms with E-state index < -0.39 is 22.1 Å². The van der Waals surface area contributed by atoms with E-state index in [0.29, 0.717) is 19.6 Å². The minimum atomic E-state index is -0.674. The standard InChI is InChI=1S/C12H16N4O5/c1-20-12(2-3-21-7-12)6-15-11(17)8-4-10(13)14-5-9(8)16(18)19/h4-5H,2-3,6-7H2,1H3,(H2,13,14)(H,15,17). The van der Waals surface area contributed by atoms with Crippen LogP contribution in [0.4, 0.5) is 11.5 Å². The third-order valence-corrected chi connectivity index (χ3v) is 3.42. The molecule has 21 heavy (non-hydrogen) atoms. The van der Waals surface area contributed by atoms with Crippen molar-refractivity contribution in [1.29, 1.82) is 0 Å². The summed E-state index contributed by atoms with van der Waals surface area (Å²) in [5.74, 6) is -0.560. The Morgan fingerprint density at radius 3 is 3.05 bits per heavy atom. The number of nitrogens with zero attached hydrogens (tertiary/aromatic N) is 2. The SMILES string of the molecule is COC1(CNC(=O)c2cc(N)ncc2[N+](=O)[O-])CCOC1. The number of nitrogens with one attached hydrogen (secondary N) is 1. The van der Waals surface area contributed by atoms with Gasteiger partial charge in [-0.15, -0.1) is 0 Å². The molecule has 1 aromatic rings. The minimum Gasteiger partial charge on any atom is -0.384 e. The maximum Gasteiger partial charge on any atom is 0.300 e. The van der Waals surface area contributed by atoms with Crippen molar-refractivity contribution >= 4 is 17.4 Å². The molecule has 1 aliphatic rings. The third kappa shape index (κ3) is 3.26. The van der Waals surface area contributed by atoms with Crippen molar-refractivity contribution in [3.8, 4) is 0 Å². The summed E-state index contributed by atoms with van der Waals surface area (Å²) in [7, 11) is 1.54. The van der Waals surface area contributed by atoms with Crippen molar-refractivity contribution in [2.24, 2.45) is 0 Å². The Kier molecular flexibility index (Phi) is 4.34. The van der Waals surface area contributed by atoms with Crippen LogP contribution in [0.15, 0.2) is 12.3 Å². The Morgan fingerprint density at radius 2 is 2.48 bits per heavy atom. The van der Waals surface area contributed by atoms with Crippen molar-refractivity contribution in [2.75, 3.05) is 32.6 Å². The van der Waals surface area contributed by atoms with E-state index in [2.05, 4.69) is 10.3 Å². The lowest BCUT2D eigenvalue weighted by Crippen LogP contribution is -2.45. The molecular formula is C12H16N4O5. The number of nitrogens with two attached hydrogens (primary N) is 1. The first-order valence-electron chi connectivity index (χ1n) is 6.28. The Labute approximate surface area is 120 Å². The first kappa shape index (κ1) is 15.1. The van der Waals surface area contributed by atoms with Crippen molar-refractivity contribution in [3.05, 3.63) is 27.9 Å². The second-order valence-electron chi connectivity index (χ2n) is 4.76. The van der Waals surface area contributed by atoms with E-state index in [-0.39, 0.29) is 17.9 Å². The fraction of sp³-hybridized carbons (Fsp3) is 0.500. The van der Waals surface area contributed by atoms with Gasteiger partial charge >= 0.3 is 0 Å². The molecule has 1 aliphatic heterocycles. The Bertz CT molecular complexity index is 557. The summed E-state index contributed by atoms with van der Waals surface area (Å²) in [6.07, 6.45) is 1.61. The average molecular weight is 296 g/mol. The van der Waals surface area contributed by atoms with Crippen LogP contribution in [-0.4, -0.2) is 48.3 Å². The van der Waals surface area contributed by atoms with Gasteiger partial charge in [0.25, 0.3) is 11.6 Å². The lowest BCUT2D eigenvalue weighted by atomic mass is 10.0. The zero-order chi connectivity index (χ0) is 15.5. The number of hydrogen-bond acceptors (Lipinski definition) is 7. The molecule has 2 rings (SSSR count). The van der Waals surface area contributed by atoms with Crippen LogP contribution in [0.2, 0.25) is 0 Å². The lowest BCUT2D eigenvalue weighted by molar-refractivity contribution is -0.385. The van der Waals surface area contributed by atoms with Gasteiger partial charge < -0.3 is 20.5 Å². The Morgan fingerprint density at radius 1 is 1.71 bits per heavy atom. The van der Waals surface area contributed by atoms with Gasteiger partial charge in [-0.2, -0.15) is 0 Å². The van der Waals surface area contributed by atoms with Gasteiger partial charge in [-0.3, -0.25) is 14.9 Å². The number of nitro groups is 1. The monoisotopic (exact) mass is 296 g/mol. The molecule has 0 saturated carbocycles. The summed E-state index contributed by atoms with van der Waals surface area (Å²) >= 11 is 0. The molecule has 1 fully saturated rings. The summed E-state index contributed by atoms with van der Waals surface area (Å²) < 4.78 is 10.6. The van der Waals surface area contributed by atoms with Gasteiger partial charge in [0.15, 0.2) is 0 Å². The summed E-state index contributed by atoms with van der Waals surface area (Å²) in [5.41, 5.74) is 4.36. The molecule has 9 nitrogen and oxygen atoms in total. The highest BCUT2D eigenvalue weighted by Crippen LogP contribution is 2.23. The normalized spacial score (nSPS) is 21.2. The van der Waals surface area contributed by atoms with E-state index in [4.69, 9.17) is 15.2 Å². The molecule has 9 heteroatoms. The highest BCUT2D eigenvalue weighted by molar-refractivity contribution is 5.98. The van der Waals surface area contributed by atoms with Crippen molar-refractivity contribution < 1.29 is 19.2 Å². The van der Waals surface area contributed by atoms with Crippen molar-refractivity contribution in [1.82, 2.24) is 10.3 Å². The lowest BCUT2D eigenvalue weighted by Gasteiger charge is -2.25. The smallest absolute Gasteiger partial charge is 0.300 e. The number of carbonyl (C=O) groups excluding carboxylic acids is 1. The molecule has 114 valence electrons. The molecular weight excluding hydrogens is 280 g/mol. The fourth-order valence-corrected chi connectivity index (χ4v) is 2.09. The molecule has 3 N–H and O–H groups in total. The highest BCUT2D eigenvalue weighted by Gasteiger charge is 2.35. The molecule has 0 aromatic carbocycles. The van der Waals surface area contributed by atoms with E-state index >= 15 is 0 Å². The van der Waals surface area contributed by atoms with Crippen LogP contribution in [0, 0.1) is 10.1 Å². The van der Waals surface area contributed by atoms with Crippen LogP contribution in [-0.2, 0) is 9.47 Å². The maximum absolute atomic E-state index is 12.1. The second-order valence-corrected chi connectivity index (χ2v) is 4.76. The van der Waals surface area contributed by atoms with Gasteiger partial charge in [0, 0.05) is 26.7 Å². The predicted molar refractivity (Wildman–Crippen MR) is 72.8 cm³/mol. The number of hydrogen-bond donors (Lipinski definition) is 2. The Hall–Kier alpha value is -2.26. The number of aromatic nitrogens is 1. The number of amides is 1. The number of pyridine rings is 1. The number of anilines is 1. The highest BCUT2D eigenvalue weighted by atomic mass is 16.6. The quantitative estimate of drug-likeness (QED) is 0.582. The van der Waals surface area contributed by atoms with Gasteiger partial charge in [-0.25, -0.2) is 4.98 Å². The second kappa shape index (κ2) is 6.02. The number of carbonyl (C=O) groups is 1. The van der Waals surface area contributed by atoms with Crippen LogP contribution >= 0.6 is 0 Å². The minimum absolute atomic E-state index is 0.0383. The van der Waals surface area contributed by atoms with Crippen LogP contribution < -0.4 is 11.1 Å². The summed E-state index contributed by atoms with van der Waals surface area (Å²) in [6, 6.07) is 1.18. The molecule has 2 heterocycles. The molecule has 0 spiro atoms. The van der Waals surface area contributed by atoms with Crippen LogP contribution in [0.5, 0.6) is 0 Å². The fourth-order valence-electron chi connectivity index (χ4n) is 2.09. The maximum atomic E-state index is 12.1. The number of nitrogen functional groups attached to an aromatic ring is 1. The largest absolute Gasteiger partial charge is 0.384 e. The van der Waals surface area contributed by atoms with Gasteiger partial charge in [-0.05, 0) is 6.07 Å². The van der Waals surface area contributed by atoms with Gasteiger partial charge in [0.05, 0.1) is 11.5 Å². The van der Waals surface area contributed by atoms with E-state index in [0.717, 1.165) is 6.20 Å². The number of ether oxygens (including phenoxy) is 2. The molecule has 1 unspecified atom stereocenters. The molecule has 1 amide bonds. The van der Waals surface area contributed by atoms with E-state index in [1.807, 2.05) is 0 Å². The van der Waals surface area contributed by atoms with Crippen molar-refractivity contribution in [2.45, 2.75) is 12.0 Å². The average Bonchev–Trinajstić information content (AvgIpc) is 2.94. The van der Waals surface area contributed by atoms with Gasteiger partial charge in [0.2, 0.25) is 0 Å². The summed E-state index contributed by atoms with van der Waals surface area (Å²) in [5, 5.41) is 13.5. The van der Waals surface area contributed by atoms with Crippen LogP contribution in [0.25, 0.3) is 0 Å². The summed E-state index contributed by atoms with van der Waals surface area (Å²) in [4.78, 5) is 26.0. The van der Waals surface area contributed by atoms with E-state index in [1.54, 1.807) is 0 Å². The first-order chi connectivity index (χ1) is 9.97. The van der Waals surface area contributed by atoms with E-state index in [1.165, 1.54) is 13.2 Å². The van der Waals surface area contributed by atoms with Gasteiger partial charge in [-0.1, -0.05) is 0 Å². The molecule has 1 aromatic heterocycles. The molecule has 0 radical (unpaired) electrons. The van der Waals surface area contributed by atoms with Crippen LogP contribution in [0.1, 0.15) is 16.8 Å². The Balaban J connectivity index is 2.13. The number of methoxy groups -OCH3 is 1. The number of rotatable bonds is 5. The van der Waals surface area contributed by atoms with Gasteiger partial charge in [0.1, 0.15) is 23.2 Å². The predicted octanol–water partition coefficient (Wildman–Crippen LogP) is 0.107. The molecule has 1 atom stereocenters. The molecule has 0 aliphatic carbocycles. The summed E-state index contributed by atoms with van der Waals surface area (Å²) in [6.45, 7) is 1.11. The third-order valence-electron chi connectivity index (χ3n) is 3.42. The van der Waals surface area contributed by atoms with E-state index in [9.17, 15) is 14.9 Å². The molecule has 1 saturated heterocycles. The molecule has 0 bridgehead atoms. The van der Waals surface area contributed by atoms with Crippen molar-refractivity contribution in [3.63, 3.8) is 0 Å². The zero-order valence-electron chi connectivity index (χ0n) is 11.5.